The lowest BCUT2D eigenvalue weighted by Crippen LogP contribution is -2.45. The predicted molar refractivity (Wildman–Crippen MR) is 108 cm³/mol. The van der Waals surface area contributed by atoms with Crippen LogP contribution >= 0.6 is 0 Å². The van der Waals surface area contributed by atoms with Gasteiger partial charge in [-0.1, -0.05) is 12.1 Å². The quantitative estimate of drug-likeness (QED) is 0.826. The van der Waals surface area contributed by atoms with Crippen LogP contribution in [-0.4, -0.2) is 43.6 Å². The molecule has 0 bridgehead atoms. The molecule has 0 aliphatic carbocycles. The molecule has 1 fully saturated rings. The van der Waals surface area contributed by atoms with Crippen LogP contribution in [0.25, 0.3) is 0 Å². The van der Waals surface area contributed by atoms with Crippen molar-refractivity contribution < 1.29 is 19.1 Å². The number of nitrogens with one attached hydrogen (secondary N) is 2. The zero-order valence-electron chi connectivity index (χ0n) is 16.3. The molecule has 1 aliphatic heterocycles. The van der Waals surface area contributed by atoms with Crippen LogP contribution in [0.15, 0.2) is 42.5 Å². The maximum atomic E-state index is 12.8. The van der Waals surface area contributed by atoms with Crippen LogP contribution in [0.3, 0.4) is 0 Å². The molecule has 0 spiro atoms. The van der Waals surface area contributed by atoms with Gasteiger partial charge in [-0.15, -0.1) is 0 Å². The van der Waals surface area contributed by atoms with E-state index in [1.165, 1.54) is 7.11 Å². The maximum Gasteiger partial charge on any atom is 0.322 e. The minimum Gasteiger partial charge on any atom is -0.493 e. The van der Waals surface area contributed by atoms with Crippen molar-refractivity contribution in [2.24, 2.45) is 0 Å². The summed E-state index contributed by atoms with van der Waals surface area (Å²) in [7, 11) is 3.09. The summed E-state index contributed by atoms with van der Waals surface area (Å²) in [5.74, 6) is 0.894. The van der Waals surface area contributed by atoms with Gasteiger partial charge < -0.3 is 25.0 Å². The van der Waals surface area contributed by atoms with E-state index >= 15 is 0 Å². The minimum atomic E-state index is -0.516. The van der Waals surface area contributed by atoms with Gasteiger partial charge in [-0.05, 0) is 49.6 Å². The number of carbonyl (C=O) groups excluding carboxylic acids is 2. The Balaban J connectivity index is 1.68. The highest BCUT2D eigenvalue weighted by Gasteiger charge is 2.34. The topological polar surface area (TPSA) is 79.9 Å². The van der Waals surface area contributed by atoms with E-state index in [-0.39, 0.29) is 11.9 Å². The van der Waals surface area contributed by atoms with Crippen molar-refractivity contribution in [1.82, 2.24) is 4.90 Å². The number of methoxy groups -OCH3 is 2. The number of hydrogen-bond acceptors (Lipinski definition) is 4. The summed E-state index contributed by atoms with van der Waals surface area (Å²) in [5.41, 5.74) is 2.37. The van der Waals surface area contributed by atoms with Crippen LogP contribution in [0.2, 0.25) is 0 Å². The van der Waals surface area contributed by atoms with Crippen molar-refractivity contribution in [2.45, 2.75) is 25.8 Å². The van der Waals surface area contributed by atoms with Gasteiger partial charge in [0.1, 0.15) is 6.04 Å². The molecule has 28 heavy (non-hydrogen) atoms. The van der Waals surface area contributed by atoms with Crippen LogP contribution in [0.1, 0.15) is 18.4 Å². The van der Waals surface area contributed by atoms with Gasteiger partial charge in [0.15, 0.2) is 11.5 Å². The van der Waals surface area contributed by atoms with E-state index in [0.29, 0.717) is 30.2 Å². The van der Waals surface area contributed by atoms with Gasteiger partial charge in [0.05, 0.1) is 14.2 Å². The Bertz CT molecular complexity index is 868. The van der Waals surface area contributed by atoms with Crippen LogP contribution in [0, 0.1) is 6.92 Å². The molecule has 0 radical (unpaired) electrons. The fraction of sp³-hybridized carbons (Fsp3) is 0.333. The molecule has 1 heterocycles. The van der Waals surface area contributed by atoms with Gasteiger partial charge in [0.25, 0.3) is 0 Å². The average Bonchev–Trinajstić information content (AvgIpc) is 3.18. The number of anilines is 2. The molecule has 0 saturated carbocycles. The summed E-state index contributed by atoms with van der Waals surface area (Å²) >= 11 is 0. The normalized spacial score (nSPS) is 15.8. The Morgan fingerprint density at radius 1 is 1.00 bits per heavy atom. The Morgan fingerprint density at radius 2 is 1.75 bits per heavy atom. The highest BCUT2D eigenvalue weighted by atomic mass is 16.5. The molecule has 2 N–H and O–H groups in total. The molecule has 1 aliphatic rings. The molecule has 7 heteroatoms. The van der Waals surface area contributed by atoms with Crippen molar-refractivity contribution in [1.29, 1.82) is 0 Å². The first-order valence-corrected chi connectivity index (χ1v) is 9.19. The number of urea groups is 1. The van der Waals surface area contributed by atoms with Crippen molar-refractivity contribution in [2.75, 3.05) is 31.4 Å². The lowest BCUT2D eigenvalue weighted by Gasteiger charge is -2.24. The van der Waals surface area contributed by atoms with Crippen molar-refractivity contribution >= 4 is 23.3 Å². The molecule has 2 aromatic carbocycles. The SMILES string of the molecule is COc1ccc(NC(=O)[C@H]2CCCN2C(=O)Nc2cccc(C)c2)cc1OC. The Kier molecular flexibility index (Phi) is 6.03. The average molecular weight is 383 g/mol. The van der Waals surface area contributed by atoms with Crippen molar-refractivity contribution in [3.05, 3.63) is 48.0 Å². The number of ether oxygens (including phenoxy) is 2. The second-order valence-electron chi connectivity index (χ2n) is 6.71. The lowest BCUT2D eigenvalue weighted by molar-refractivity contribution is -0.119. The van der Waals surface area contributed by atoms with E-state index in [9.17, 15) is 9.59 Å². The van der Waals surface area contributed by atoms with E-state index < -0.39 is 6.04 Å². The number of carbonyl (C=O) groups is 2. The lowest BCUT2D eigenvalue weighted by atomic mass is 10.2. The Hall–Kier alpha value is -3.22. The smallest absolute Gasteiger partial charge is 0.322 e. The Morgan fingerprint density at radius 3 is 2.46 bits per heavy atom. The molecular formula is C21H25N3O4. The molecular weight excluding hydrogens is 358 g/mol. The number of rotatable bonds is 5. The first-order valence-electron chi connectivity index (χ1n) is 9.19. The van der Waals surface area contributed by atoms with E-state index in [4.69, 9.17) is 9.47 Å². The summed E-state index contributed by atoms with van der Waals surface area (Å²) < 4.78 is 10.5. The third-order valence-electron chi connectivity index (χ3n) is 4.74. The summed E-state index contributed by atoms with van der Waals surface area (Å²) in [6.45, 7) is 2.51. The third-order valence-corrected chi connectivity index (χ3v) is 4.74. The Labute approximate surface area is 164 Å². The molecule has 7 nitrogen and oxygen atoms in total. The molecule has 0 aromatic heterocycles. The molecule has 3 rings (SSSR count). The van der Waals surface area contributed by atoms with Crippen LogP contribution in [-0.2, 0) is 4.79 Å². The summed E-state index contributed by atoms with van der Waals surface area (Å²) in [6.07, 6.45) is 1.41. The molecule has 2 aromatic rings. The third kappa shape index (κ3) is 4.36. The zero-order valence-corrected chi connectivity index (χ0v) is 16.3. The molecule has 3 amide bonds. The second-order valence-corrected chi connectivity index (χ2v) is 6.71. The number of benzene rings is 2. The summed E-state index contributed by atoms with van der Waals surface area (Å²) in [5, 5.41) is 5.75. The summed E-state index contributed by atoms with van der Waals surface area (Å²) in [4.78, 5) is 27.0. The second kappa shape index (κ2) is 8.65. The number of likely N-dealkylation sites (tertiary alicyclic amines) is 1. The van der Waals surface area contributed by atoms with E-state index in [0.717, 1.165) is 17.7 Å². The monoisotopic (exact) mass is 383 g/mol. The molecule has 0 unspecified atom stereocenters. The van der Waals surface area contributed by atoms with Gasteiger partial charge in [-0.25, -0.2) is 4.79 Å². The molecule has 148 valence electrons. The van der Waals surface area contributed by atoms with Gasteiger partial charge in [-0.2, -0.15) is 0 Å². The van der Waals surface area contributed by atoms with Crippen molar-refractivity contribution in [3.63, 3.8) is 0 Å². The molecule has 1 saturated heterocycles. The molecule has 1 atom stereocenters. The maximum absolute atomic E-state index is 12.8. The predicted octanol–water partition coefficient (Wildman–Crippen LogP) is 3.65. The minimum absolute atomic E-state index is 0.218. The number of nitrogens with zero attached hydrogens (tertiary/aromatic N) is 1. The largest absolute Gasteiger partial charge is 0.493 e. The van der Waals surface area contributed by atoms with E-state index in [2.05, 4.69) is 10.6 Å². The van der Waals surface area contributed by atoms with Crippen molar-refractivity contribution in [3.8, 4) is 11.5 Å². The highest BCUT2D eigenvalue weighted by Crippen LogP contribution is 2.30. The van der Waals surface area contributed by atoms with Gasteiger partial charge in [0.2, 0.25) is 5.91 Å². The zero-order chi connectivity index (χ0) is 20.1. The number of amides is 3. The number of hydrogen-bond donors (Lipinski definition) is 2. The fourth-order valence-electron chi connectivity index (χ4n) is 3.34. The number of aryl methyl sites for hydroxylation is 1. The van der Waals surface area contributed by atoms with Gasteiger partial charge in [0, 0.05) is 24.0 Å². The first kappa shape index (κ1) is 19.5. The van der Waals surface area contributed by atoms with Crippen LogP contribution < -0.4 is 20.1 Å². The fourth-order valence-corrected chi connectivity index (χ4v) is 3.34. The summed E-state index contributed by atoms with van der Waals surface area (Å²) in [6, 6.07) is 12.0. The van der Waals surface area contributed by atoms with Crippen LogP contribution in [0.4, 0.5) is 16.2 Å². The van der Waals surface area contributed by atoms with Gasteiger partial charge >= 0.3 is 6.03 Å². The van der Waals surface area contributed by atoms with Crippen LogP contribution in [0.5, 0.6) is 11.5 Å². The van der Waals surface area contributed by atoms with E-state index in [1.54, 1.807) is 30.2 Å². The van der Waals surface area contributed by atoms with E-state index in [1.807, 2.05) is 31.2 Å². The van der Waals surface area contributed by atoms with Gasteiger partial charge in [-0.3, -0.25) is 4.79 Å². The first-order chi connectivity index (χ1) is 13.5. The standard InChI is InChI=1S/C21H25N3O4/c1-14-6-4-7-15(12-14)23-21(26)24-11-5-8-17(24)20(25)22-16-9-10-18(27-2)19(13-16)28-3/h4,6-7,9-10,12-13,17H,5,8,11H2,1-3H3,(H,22,25)(H,23,26)/t17-/m1/s1. The highest BCUT2D eigenvalue weighted by molar-refractivity contribution is 5.99.